The number of carbonyl (C=O) groups excluding carboxylic acids is 1. The monoisotopic (exact) mass is 381 g/mol. The number of benzene rings is 2. The smallest absolute Gasteiger partial charge is 0.255 e. The number of ether oxygens (including phenoxy) is 2. The highest BCUT2D eigenvalue weighted by atomic mass is 35.5. The molecule has 0 aliphatic rings. The topological polar surface area (TPSA) is 47.6 Å². The Morgan fingerprint density at radius 2 is 1.92 bits per heavy atom. The Morgan fingerprint density at radius 1 is 1.12 bits per heavy atom. The van der Waals surface area contributed by atoms with Gasteiger partial charge in [0.05, 0.1) is 18.2 Å². The summed E-state index contributed by atoms with van der Waals surface area (Å²) in [6, 6.07) is 10.1. The molecule has 0 unspecified atom stereocenters. The van der Waals surface area contributed by atoms with Gasteiger partial charge in [-0.1, -0.05) is 42.6 Å². The summed E-state index contributed by atoms with van der Waals surface area (Å²) in [6.07, 6.45) is 1.93. The summed E-state index contributed by atoms with van der Waals surface area (Å²) in [5.74, 6) is 0.629. The van der Waals surface area contributed by atoms with E-state index in [2.05, 4.69) is 12.2 Å². The lowest BCUT2D eigenvalue weighted by atomic mass is 10.1. The van der Waals surface area contributed by atoms with Crippen LogP contribution >= 0.6 is 23.2 Å². The molecule has 2 rings (SSSR count). The molecule has 0 aliphatic carbocycles. The third kappa shape index (κ3) is 5.55. The Labute approximate surface area is 158 Å². The fourth-order valence-corrected chi connectivity index (χ4v) is 2.65. The van der Waals surface area contributed by atoms with E-state index in [1.54, 1.807) is 36.4 Å². The number of hydrogen-bond acceptors (Lipinski definition) is 3. The summed E-state index contributed by atoms with van der Waals surface area (Å²) >= 11 is 12.3. The third-order valence-corrected chi connectivity index (χ3v) is 3.91. The molecule has 0 atom stereocenters. The van der Waals surface area contributed by atoms with Gasteiger partial charge in [0.25, 0.3) is 5.91 Å². The largest absolute Gasteiger partial charge is 0.490 e. The molecule has 0 radical (unpaired) electrons. The molecule has 0 aromatic heterocycles. The van der Waals surface area contributed by atoms with Crippen LogP contribution < -0.4 is 14.8 Å². The zero-order valence-corrected chi connectivity index (χ0v) is 15.8. The summed E-state index contributed by atoms with van der Waals surface area (Å²) in [5, 5.41) is 3.68. The van der Waals surface area contributed by atoms with Crippen LogP contribution in [0.15, 0.2) is 36.4 Å². The van der Waals surface area contributed by atoms with E-state index in [9.17, 15) is 4.79 Å². The second-order valence-electron chi connectivity index (χ2n) is 5.38. The molecule has 1 N–H and O–H groups in total. The van der Waals surface area contributed by atoms with Crippen molar-refractivity contribution < 1.29 is 14.3 Å². The molecule has 0 heterocycles. The van der Waals surface area contributed by atoms with Gasteiger partial charge in [0.1, 0.15) is 0 Å². The number of rotatable bonds is 8. The maximum absolute atomic E-state index is 12.5. The molecule has 2 aromatic carbocycles. The normalized spacial score (nSPS) is 10.4. The molecule has 134 valence electrons. The van der Waals surface area contributed by atoms with E-state index < -0.39 is 0 Å². The van der Waals surface area contributed by atoms with Crippen LogP contribution in [-0.4, -0.2) is 19.1 Å². The zero-order valence-electron chi connectivity index (χ0n) is 14.3. The fraction of sp³-hybridized carbons (Fsp3) is 0.316. The van der Waals surface area contributed by atoms with Crippen molar-refractivity contribution >= 4 is 34.8 Å². The average Bonchev–Trinajstić information content (AvgIpc) is 2.57. The first-order valence-corrected chi connectivity index (χ1v) is 8.96. The standard InChI is InChI=1S/C19H21Cl2NO3/c1-3-5-9-25-18-16(21)10-13(11-17(18)24-4-2)19(23)22-15-8-6-7-14(20)12-15/h6-8,10-12H,3-5,9H2,1-2H3,(H,22,23). The lowest BCUT2D eigenvalue weighted by molar-refractivity contribution is 0.102. The minimum Gasteiger partial charge on any atom is -0.490 e. The van der Waals surface area contributed by atoms with Crippen LogP contribution in [0.2, 0.25) is 10.0 Å². The van der Waals surface area contributed by atoms with Crippen molar-refractivity contribution in [1.29, 1.82) is 0 Å². The molecule has 25 heavy (non-hydrogen) atoms. The van der Waals surface area contributed by atoms with Crippen molar-refractivity contribution in [2.75, 3.05) is 18.5 Å². The molecular weight excluding hydrogens is 361 g/mol. The number of hydrogen-bond donors (Lipinski definition) is 1. The molecule has 1 amide bonds. The summed E-state index contributed by atoms with van der Waals surface area (Å²) in [7, 11) is 0. The first-order valence-electron chi connectivity index (χ1n) is 8.21. The van der Waals surface area contributed by atoms with Gasteiger partial charge < -0.3 is 14.8 Å². The van der Waals surface area contributed by atoms with Gasteiger partial charge in [-0.3, -0.25) is 4.79 Å². The number of halogens is 2. The van der Waals surface area contributed by atoms with Crippen LogP contribution in [0.25, 0.3) is 0 Å². The van der Waals surface area contributed by atoms with E-state index in [4.69, 9.17) is 32.7 Å². The molecule has 2 aromatic rings. The summed E-state index contributed by atoms with van der Waals surface area (Å²) in [5.41, 5.74) is 0.992. The number of anilines is 1. The van der Waals surface area contributed by atoms with E-state index in [-0.39, 0.29) is 5.91 Å². The first kappa shape index (κ1) is 19.4. The lowest BCUT2D eigenvalue weighted by Gasteiger charge is -2.15. The zero-order chi connectivity index (χ0) is 18.2. The van der Waals surface area contributed by atoms with E-state index in [0.717, 1.165) is 12.8 Å². The summed E-state index contributed by atoms with van der Waals surface area (Å²) < 4.78 is 11.3. The number of unbranched alkanes of at least 4 members (excludes halogenated alkanes) is 1. The second kappa shape index (κ2) is 9.54. The Kier molecular flexibility index (Phi) is 7.41. The fourth-order valence-electron chi connectivity index (χ4n) is 2.19. The second-order valence-corrected chi connectivity index (χ2v) is 6.23. The molecule has 0 aliphatic heterocycles. The van der Waals surface area contributed by atoms with Gasteiger partial charge in [0.2, 0.25) is 0 Å². The maximum atomic E-state index is 12.5. The number of carbonyl (C=O) groups is 1. The highest BCUT2D eigenvalue weighted by Crippen LogP contribution is 2.37. The highest BCUT2D eigenvalue weighted by molar-refractivity contribution is 6.33. The lowest BCUT2D eigenvalue weighted by Crippen LogP contribution is -2.12. The van der Waals surface area contributed by atoms with Crippen LogP contribution in [0.3, 0.4) is 0 Å². The Morgan fingerprint density at radius 3 is 2.60 bits per heavy atom. The van der Waals surface area contributed by atoms with Gasteiger partial charge in [0, 0.05) is 16.3 Å². The van der Waals surface area contributed by atoms with Crippen molar-refractivity contribution in [3.05, 3.63) is 52.0 Å². The van der Waals surface area contributed by atoms with Crippen LogP contribution in [0.4, 0.5) is 5.69 Å². The Balaban J connectivity index is 2.23. The molecule has 4 nitrogen and oxygen atoms in total. The summed E-state index contributed by atoms with van der Waals surface area (Å²) in [4.78, 5) is 12.5. The van der Waals surface area contributed by atoms with Crippen LogP contribution in [0, 0.1) is 0 Å². The SMILES string of the molecule is CCCCOc1c(Cl)cc(C(=O)Nc2cccc(Cl)c2)cc1OCC. The van der Waals surface area contributed by atoms with Gasteiger partial charge >= 0.3 is 0 Å². The summed E-state index contributed by atoms with van der Waals surface area (Å²) in [6.45, 7) is 4.93. The minimum atomic E-state index is -0.301. The molecule has 0 fully saturated rings. The van der Waals surface area contributed by atoms with Crippen molar-refractivity contribution in [3.63, 3.8) is 0 Å². The predicted molar refractivity (Wildman–Crippen MR) is 102 cm³/mol. The van der Waals surface area contributed by atoms with Crippen molar-refractivity contribution in [2.45, 2.75) is 26.7 Å². The van der Waals surface area contributed by atoms with Crippen molar-refractivity contribution in [3.8, 4) is 11.5 Å². The average molecular weight is 382 g/mol. The van der Waals surface area contributed by atoms with Crippen LogP contribution in [0.5, 0.6) is 11.5 Å². The van der Waals surface area contributed by atoms with Gasteiger partial charge in [-0.25, -0.2) is 0 Å². The van der Waals surface area contributed by atoms with Crippen LogP contribution in [-0.2, 0) is 0 Å². The highest BCUT2D eigenvalue weighted by Gasteiger charge is 2.16. The van der Waals surface area contributed by atoms with E-state index in [1.807, 2.05) is 6.92 Å². The Hall–Kier alpha value is -1.91. The molecule has 0 bridgehead atoms. The van der Waals surface area contributed by atoms with Gasteiger partial charge in [-0.15, -0.1) is 0 Å². The molecule has 0 spiro atoms. The number of amides is 1. The van der Waals surface area contributed by atoms with Crippen LogP contribution in [0.1, 0.15) is 37.0 Å². The number of nitrogens with one attached hydrogen (secondary N) is 1. The third-order valence-electron chi connectivity index (χ3n) is 3.40. The quantitative estimate of drug-likeness (QED) is 0.585. The molecular formula is C19H21Cl2NO3. The van der Waals surface area contributed by atoms with E-state index in [1.165, 1.54) is 0 Å². The minimum absolute atomic E-state index is 0.301. The van der Waals surface area contributed by atoms with Gasteiger partial charge in [-0.2, -0.15) is 0 Å². The Bertz CT molecular complexity index is 735. The molecule has 6 heteroatoms. The molecule has 0 saturated heterocycles. The van der Waals surface area contributed by atoms with Crippen molar-refractivity contribution in [2.24, 2.45) is 0 Å². The first-order chi connectivity index (χ1) is 12.0. The molecule has 0 saturated carbocycles. The van der Waals surface area contributed by atoms with E-state index in [0.29, 0.717) is 46.0 Å². The van der Waals surface area contributed by atoms with E-state index >= 15 is 0 Å². The van der Waals surface area contributed by atoms with Crippen molar-refractivity contribution in [1.82, 2.24) is 0 Å². The maximum Gasteiger partial charge on any atom is 0.255 e. The van der Waals surface area contributed by atoms with Gasteiger partial charge in [0.15, 0.2) is 11.5 Å². The predicted octanol–water partition coefficient (Wildman–Crippen LogP) is 5.82. The van der Waals surface area contributed by atoms with Gasteiger partial charge in [-0.05, 0) is 43.7 Å².